The predicted molar refractivity (Wildman–Crippen MR) is 111 cm³/mol. The highest BCUT2D eigenvalue weighted by Gasteiger charge is 2.09. The van der Waals surface area contributed by atoms with Crippen LogP contribution in [0.15, 0.2) is 53.7 Å². The Morgan fingerprint density at radius 2 is 1.81 bits per heavy atom. The van der Waals surface area contributed by atoms with Gasteiger partial charge in [0.2, 0.25) is 0 Å². The Balaban J connectivity index is 2.11. The zero-order chi connectivity index (χ0) is 19.6. The van der Waals surface area contributed by atoms with Crippen LogP contribution >= 0.6 is 0 Å². The van der Waals surface area contributed by atoms with E-state index in [1.165, 1.54) is 0 Å². The second-order valence-corrected chi connectivity index (χ2v) is 6.33. The van der Waals surface area contributed by atoms with E-state index >= 15 is 0 Å². The molecule has 0 atom stereocenters. The fraction of sp³-hybridized carbons (Fsp3) is 0.348. The lowest BCUT2D eigenvalue weighted by Gasteiger charge is -2.15. The third kappa shape index (κ3) is 5.88. The Hall–Kier alpha value is -2.75. The number of aryl methyl sites for hydroxylation is 2. The second kappa shape index (κ2) is 10.4. The van der Waals surface area contributed by atoms with Gasteiger partial charge in [-0.1, -0.05) is 42.4 Å². The molecule has 0 aliphatic heterocycles. The topological polar surface area (TPSA) is 40.0 Å². The first-order chi connectivity index (χ1) is 13.1. The normalized spacial score (nSPS) is 11.7. The summed E-state index contributed by atoms with van der Waals surface area (Å²) in [6, 6.07) is 12.2. The largest absolute Gasteiger partial charge is 0.490 e. The van der Waals surface area contributed by atoms with Gasteiger partial charge in [0, 0.05) is 0 Å². The van der Waals surface area contributed by atoms with Crippen molar-refractivity contribution in [3.8, 4) is 11.5 Å². The number of ether oxygens (including phenoxy) is 2. The first kappa shape index (κ1) is 20.6. The Kier molecular flexibility index (Phi) is 7.93. The Morgan fingerprint density at radius 1 is 1.07 bits per heavy atom. The lowest BCUT2D eigenvalue weighted by molar-refractivity contribution is 0.213. The third-order valence-corrected chi connectivity index (χ3v) is 4.20. The van der Waals surface area contributed by atoms with Crippen LogP contribution in [-0.2, 0) is 11.4 Å². The smallest absolute Gasteiger partial charge is 0.125 e. The van der Waals surface area contributed by atoms with Crippen molar-refractivity contribution in [2.75, 3.05) is 13.7 Å². The first-order valence-corrected chi connectivity index (χ1v) is 9.26. The molecule has 0 saturated heterocycles. The van der Waals surface area contributed by atoms with Crippen LogP contribution in [0.2, 0.25) is 0 Å². The van der Waals surface area contributed by atoms with E-state index in [1.807, 2.05) is 57.2 Å². The first-order valence-electron chi connectivity index (χ1n) is 9.26. The van der Waals surface area contributed by atoms with E-state index in [-0.39, 0.29) is 0 Å². The van der Waals surface area contributed by atoms with Gasteiger partial charge in [-0.25, -0.2) is 0 Å². The number of hydrogen-bond donors (Lipinski definition) is 0. The molecule has 0 bridgehead atoms. The summed E-state index contributed by atoms with van der Waals surface area (Å²) in [7, 11) is 1.57. The predicted octanol–water partition coefficient (Wildman–Crippen LogP) is 5.60. The number of hydrogen-bond acceptors (Lipinski definition) is 4. The molecule has 27 heavy (non-hydrogen) atoms. The molecule has 0 saturated carbocycles. The quantitative estimate of drug-likeness (QED) is 0.329. The SMILES string of the molecule is C/C=C/COc1cc(C)c(OCc2cccc(/C(CC)=N/OC)c2)c(C)c1. The monoisotopic (exact) mass is 367 g/mol. The standard InChI is InChI=1S/C23H29NO3/c1-6-8-12-26-21-13-17(3)23(18(4)14-21)27-16-19-10-9-11-20(15-19)22(7-2)24-25-5/h6,8-11,13-15H,7,12,16H2,1-5H3/b8-6+,24-22+. The molecular formula is C23H29NO3. The zero-order valence-corrected chi connectivity index (χ0v) is 16.9. The van der Waals surface area contributed by atoms with E-state index in [0.717, 1.165) is 45.9 Å². The highest BCUT2D eigenvalue weighted by molar-refractivity contribution is 6.00. The molecule has 144 valence electrons. The molecule has 0 radical (unpaired) electrons. The summed E-state index contributed by atoms with van der Waals surface area (Å²) < 4.78 is 11.9. The van der Waals surface area contributed by atoms with Crippen molar-refractivity contribution in [2.45, 2.75) is 40.7 Å². The highest BCUT2D eigenvalue weighted by Crippen LogP contribution is 2.29. The van der Waals surface area contributed by atoms with Crippen molar-refractivity contribution in [3.63, 3.8) is 0 Å². The van der Waals surface area contributed by atoms with Crippen LogP contribution in [0, 0.1) is 13.8 Å². The summed E-state index contributed by atoms with van der Waals surface area (Å²) in [6.45, 7) is 9.21. The van der Waals surface area contributed by atoms with Crippen molar-refractivity contribution in [1.29, 1.82) is 0 Å². The van der Waals surface area contributed by atoms with Crippen LogP contribution in [0.5, 0.6) is 11.5 Å². The maximum absolute atomic E-state index is 6.12. The van der Waals surface area contributed by atoms with E-state index in [4.69, 9.17) is 14.3 Å². The molecule has 4 heteroatoms. The van der Waals surface area contributed by atoms with Crippen molar-refractivity contribution >= 4 is 5.71 Å². The molecule has 2 rings (SSSR count). The van der Waals surface area contributed by atoms with Crippen LogP contribution in [0.4, 0.5) is 0 Å². The van der Waals surface area contributed by atoms with Crippen molar-refractivity contribution in [1.82, 2.24) is 0 Å². The number of nitrogens with zero attached hydrogens (tertiary/aromatic N) is 1. The second-order valence-electron chi connectivity index (χ2n) is 6.33. The van der Waals surface area contributed by atoms with Crippen LogP contribution in [0.3, 0.4) is 0 Å². The zero-order valence-electron chi connectivity index (χ0n) is 16.9. The molecule has 4 nitrogen and oxygen atoms in total. The van der Waals surface area contributed by atoms with Gasteiger partial charge in [0.1, 0.15) is 31.8 Å². The van der Waals surface area contributed by atoms with Gasteiger partial charge in [-0.2, -0.15) is 0 Å². The maximum atomic E-state index is 6.12. The Labute approximate surface area is 162 Å². The van der Waals surface area contributed by atoms with Gasteiger partial charge in [0.25, 0.3) is 0 Å². The number of benzene rings is 2. The lowest BCUT2D eigenvalue weighted by Crippen LogP contribution is -2.04. The summed E-state index contributed by atoms with van der Waals surface area (Å²) in [5.74, 6) is 1.76. The molecule has 0 heterocycles. The van der Waals surface area contributed by atoms with Crippen molar-refractivity contribution in [3.05, 3.63) is 70.8 Å². The van der Waals surface area contributed by atoms with Gasteiger partial charge >= 0.3 is 0 Å². The molecule has 0 unspecified atom stereocenters. The number of rotatable bonds is 9. The Morgan fingerprint density at radius 3 is 2.44 bits per heavy atom. The van der Waals surface area contributed by atoms with Crippen LogP contribution < -0.4 is 9.47 Å². The minimum atomic E-state index is 0.498. The number of oxime groups is 1. The van der Waals surface area contributed by atoms with E-state index in [2.05, 4.69) is 24.2 Å². The summed E-state index contributed by atoms with van der Waals surface area (Å²) in [4.78, 5) is 4.94. The average Bonchev–Trinajstić information content (AvgIpc) is 2.66. The molecular weight excluding hydrogens is 338 g/mol. The maximum Gasteiger partial charge on any atom is 0.125 e. The van der Waals surface area contributed by atoms with E-state index in [9.17, 15) is 0 Å². The van der Waals surface area contributed by atoms with Gasteiger partial charge in [0.05, 0.1) is 5.71 Å². The minimum absolute atomic E-state index is 0.498. The van der Waals surface area contributed by atoms with E-state index in [1.54, 1.807) is 7.11 Å². The number of allylic oxidation sites excluding steroid dienone is 1. The summed E-state index contributed by atoms with van der Waals surface area (Å²) in [5.41, 5.74) is 5.21. The Bertz CT molecular complexity index is 786. The van der Waals surface area contributed by atoms with Crippen LogP contribution in [0.25, 0.3) is 0 Å². The van der Waals surface area contributed by atoms with Gasteiger partial charge in [-0.05, 0) is 67.6 Å². The fourth-order valence-corrected chi connectivity index (χ4v) is 2.89. The van der Waals surface area contributed by atoms with E-state index < -0.39 is 0 Å². The molecule has 0 aromatic heterocycles. The molecule has 0 aliphatic rings. The van der Waals surface area contributed by atoms with E-state index in [0.29, 0.717) is 13.2 Å². The molecule has 0 N–H and O–H groups in total. The van der Waals surface area contributed by atoms with Gasteiger partial charge in [0.15, 0.2) is 0 Å². The molecule has 0 fully saturated rings. The summed E-state index contributed by atoms with van der Waals surface area (Å²) in [6.07, 6.45) is 4.77. The van der Waals surface area contributed by atoms with Gasteiger partial charge in [-0.3, -0.25) is 0 Å². The minimum Gasteiger partial charge on any atom is -0.490 e. The van der Waals surface area contributed by atoms with Gasteiger partial charge < -0.3 is 14.3 Å². The fourth-order valence-electron chi connectivity index (χ4n) is 2.89. The van der Waals surface area contributed by atoms with Crippen molar-refractivity contribution < 1.29 is 14.3 Å². The van der Waals surface area contributed by atoms with Crippen molar-refractivity contribution in [2.24, 2.45) is 5.16 Å². The molecule has 0 aliphatic carbocycles. The average molecular weight is 367 g/mol. The molecule has 0 amide bonds. The van der Waals surface area contributed by atoms with Crippen LogP contribution in [-0.4, -0.2) is 19.4 Å². The molecule has 2 aromatic carbocycles. The highest BCUT2D eigenvalue weighted by atomic mass is 16.6. The third-order valence-electron chi connectivity index (χ3n) is 4.20. The molecule has 2 aromatic rings. The molecule has 0 spiro atoms. The van der Waals surface area contributed by atoms with Crippen LogP contribution in [0.1, 0.15) is 42.5 Å². The summed E-state index contributed by atoms with van der Waals surface area (Å²) in [5, 5.41) is 4.10. The van der Waals surface area contributed by atoms with Gasteiger partial charge in [-0.15, -0.1) is 0 Å². The summed E-state index contributed by atoms with van der Waals surface area (Å²) >= 11 is 0. The lowest BCUT2D eigenvalue weighted by atomic mass is 10.1.